The molecular weight excluding hydrogens is 312 g/mol. The number of carbonyl (C=O) groups excluding carboxylic acids is 1. The molecule has 5 nitrogen and oxygen atoms in total. The number of carbonyl (C=O) groups is 1. The number of aryl methyl sites for hydroxylation is 2. The van der Waals surface area contributed by atoms with Crippen molar-refractivity contribution in [3.05, 3.63) is 53.5 Å². The van der Waals surface area contributed by atoms with Gasteiger partial charge in [-0.3, -0.25) is 9.89 Å². The molecule has 1 aliphatic rings. The summed E-state index contributed by atoms with van der Waals surface area (Å²) in [5, 5.41) is 8.47. The monoisotopic (exact) mass is 336 g/mol. The highest BCUT2D eigenvalue weighted by Gasteiger charge is 2.26. The molecule has 25 heavy (non-hydrogen) atoms. The first kappa shape index (κ1) is 15.9. The zero-order valence-electron chi connectivity index (χ0n) is 14.6. The average molecular weight is 336 g/mol. The number of para-hydroxylation sites is 1. The van der Waals surface area contributed by atoms with Crippen LogP contribution in [0.1, 0.15) is 42.0 Å². The van der Waals surface area contributed by atoms with E-state index in [1.807, 2.05) is 29.4 Å². The highest BCUT2D eigenvalue weighted by Crippen LogP contribution is 2.28. The molecule has 0 aliphatic carbocycles. The molecule has 3 heterocycles. The zero-order valence-corrected chi connectivity index (χ0v) is 14.6. The van der Waals surface area contributed by atoms with E-state index in [9.17, 15) is 4.79 Å². The predicted molar refractivity (Wildman–Crippen MR) is 98.5 cm³/mol. The second-order valence-corrected chi connectivity index (χ2v) is 7.01. The highest BCUT2D eigenvalue weighted by atomic mass is 16.2. The van der Waals surface area contributed by atoms with Crippen LogP contribution >= 0.6 is 0 Å². The van der Waals surface area contributed by atoms with Crippen molar-refractivity contribution in [1.82, 2.24) is 20.1 Å². The Labute approximate surface area is 147 Å². The SMILES string of the molecule is Cc1cn[nH]c1[C@@H]1CCCN(C(=O)CCc2c[nH]c3ccccc23)C1. The molecule has 4 rings (SSSR count). The summed E-state index contributed by atoms with van der Waals surface area (Å²) >= 11 is 0. The van der Waals surface area contributed by atoms with E-state index in [1.165, 1.54) is 22.2 Å². The topological polar surface area (TPSA) is 64.8 Å². The van der Waals surface area contributed by atoms with Gasteiger partial charge in [-0.15, -0.1) is 0 Å². The predicted octanol–water partition coefficient (Wildman–Crippen LogP) is 3.54. The zero-order chi connectivity index (χ0) is 17.2. The quantitative estimate of drug-likeness (QED) is 0.765. The van der Waals surface area contributed by atoms with Crippen LogP contribution in [0.5, 0.6) is 0 Å². The molecule has 5 heteroatoms. The van der Waals surface area contributed by atoms with Gasteiger partial charge in [0.2, 0.25) is 5.91 Å². The van der Waals surface area contributed by atoms with E-state index >= 15 is 0 Å². The fourth-order valence-corrected chi connectivity index (χ4v) is 3.95. The van der Waals surface area contributed by atoms with Crippen LogP contribution in [0, 0.1) is 6.92 Å². The molecule has 1 aromatic carbocycles. The number of nitrogens with zero attached hydrogens (tertiary/aromatic N) is 2. The third-order valence-electron chi connectivity index (χ3n) is 5.33. The average Bonchev–Trinajstić information content (AvgIpc) is 3.26. The summed E-state index contributed by atoms with van der Waals surface area (Å²) in [5.41, 5.74) is 4.74. The van der Waals surface area contributed by atoms with Crippen molar-refractivity contribution in [3.63, 3.8) is 0 Å². The molecule has 130 valence electrons. The van der Waals surface area contributed by atoms with Crippen molar-refractivity contribution in [3.8, 4) is 0 Å². The van der Waals surface area contributed by atoms with Crippen molar-refractivity contribution < 1.29 is 4.79 Å². The van der Waals surface area contributed by atoms with Gasteiger partial charge in [0, 0.05) is 48.2 Å². The highest BCUT2D eigenvalue weighted by molar-refractivity contribution is 5.84. The lowest BCUT2D eigenvalue weighted by Gasteiger charge is -2.32. The van der Waals surface area contributed by atoms with Crippen LogP contribution in [-0.2, 0) is 11.2 Å². The summed E-state index contributed by atoms with van der Waals surface area (Å²) in [5.74, 6) is 0.639. The number of nitrogens with one attached hydrogen (secondary N) is 2. The Hall–Kier alpha value is -2.56. The number of amides is 1. The number of hydrogen-bond acceptors (Lipinski definition) is 2. The van der Waals surface area contributed by atoms with Gasteiger partial charge >= 0.3 is 0 Å². The number of likely N-dealkylation sites (tertiary alicyclic amines) is 1. The van der Waals surface area contributed by atoms with E-state index < -0.39 is 0 Å². The van der Waals surface area contributed by atoms with E-state index in [0.29, 0.717) is 12.3 Å². The van der Waals surface area contributed by atoms with Crippen molar-refractivity contribution in [2.45, 2.75) is 38.5 Å². The van der Waals surface area contributed by atoms with Gasteiger partial charge in [-0.25, -0.2) is 0 Å². The van der Waals surface area contributed by atoms with E-state index in [4.69, 9.17) is 0 Å². The normalized spacial score (nSPS) is 18.0. The summed E-state index contributed by atoms with van der Waals surface area (Å²) in [6, 6.07) is 8.26. The Morgan fingerprint density at radius 3 is 3.08 bits per heavy atom. The summed E-state index contributed by atoms with van der Waals surface area (Å²) in [6.45, 7) is 3.75. The lowest BCUT2D eigenvalue weighted by molar-refractivity contribution is -0.132. The number of aromatic amines is 2. The van der Waals surface area contributed by atoms with Crippen LogP contribution in [0.2, 0.25) is 0 Å². The lowest BCUT2D eigenvalue weighted by atomic mass is 9.92. The van der Waals surface area contributed by atoms with Gasteiger partial charge in [0.25, 0.3) is 0 Å². The van der Waals surface area contributed by atoms with Crippen molar-refractivity contribution >= 4 is 16.8 Å². The second-order valence-electron chi connectivity index (χ2n) is 7.01. The molecule has 0 saturated carbocycles. The van der Waals surface area contributed by atoms with Gasteiger partial charge < -0.3 is 9.88 Å². The molecule has 0 radical (unpaired) electrons. The fourth-order valence-electron chi connectivity index (χ4n) is 3.95. The molecule has 0 spiro atoms. The van der Waals surface area contributed by atoms with E-state index in [2.05, 4.69) is 34.2 Å². The van der Waals surface area contributed by atoms with Gasteiger partial charge in [-0.2, -0.15) is 5.10 Å². The summed E-state index contributed by atoms with van der Waals surface area (Å²) in [6.07, 6.45) is 7.43. The molecule has 1 fully saturated rings. The second kappa shape index (κ2) is 6.75. The maximum Gasteiger partial charge on any atom is 0.222 e. The Morgan fingerprint density at radius 2 is 2.24 bits per heavy atom. The molecule has 1 aliphatic heterocycles. The van der Waals surface area contributed by atoms with Crippen LogP contribution in [-0.4, -0.2) is 39.1 Å². The Bertz CT molecular complexity index is 879. The molecule has 0 bridgehead atoms. The van der Waals surface area contributed by atoms with Gasteiger partial charge in [0.05, 0.1) is 6.20 Å². The number of aromatic nitrogens is 3. The first-order valence-corrected chi connectivity index (χ1v) is 9.05. The summed E-state index contributed by atoms with van der Waals surface area (Å²) in [7, 11) is 0. The lowest BCUT2D eigenvalue weighted by Crippen LogP contribution is -2.39. The standard InChI is InChI=1S/C20H24N4O/c1-14-11-22-23-20(14)16-5-4-10-24(13-16)19(25)9-8-15-12-21-18-7-3-2-6-17(15)18/h2-3,6-7,11-12,16,21H,4-5,8-10,13H2,1H3,(H,22,23)/t16-/m1/s1. The van der Waals surface area contributed by atoms with Crippen LogP contribution in [0.15, 0.2) is 36.7 Å². The smallest absolute Gasteiger partial charge is 0.222 e. The minimum atomic E-state index is 0.257. The molecule has 0 unspecified atom stereocenters. The number of hydrogen-bond donors (Lipinski definition) is 2. The van der Waals surface area contributed by atoms with Crippen LogP contribution < -0.4 is 0 Å². The maximum absolute atomic E-state index is 12.7. The maximum atomic E-state index is 12.7. The molecule has 1 atom stereocenters. The van der Waals surface area contributed by atoms with Crippen LogP contribution in [0.25, 0.3) is 10.9 Å². The third-order valence-corrected chi connectivity index (χ3v) is 5.33. The number of H-pyrrole nitrogens is 2. The number of benzene rings is 1. The van der Waals surface area contributed by atoms with Crippen LogP contribution in [0.4, 0.5) is 0 Å². The van der Waals surface area contributed by atoms with Gasteiger partial charge in [0.1, 0.15) is 0 Å². The Morgan fingerprint density at radius 1 is 1.36 bits per heavy atom. The third kappa shape index (κ3) is 3.18. The first-order chi connectivity index (χ1) is 12.2. The Kier molecular flexibility index (Phi) is 4.30. The van der Waals surface area contributed by atoms with Crippen molar-refractivity contribution in [2.75, 3.05) is 13.1 Å². The van der Waals surface area contributed by atoms with E-state index in [-0.39, 0.29) is 5.91 Å². The minimum absolute atomic E-state index is 0.257. The fraction of sp³-hybridized carbons (Fsp3) is 0.400. The minimum Gasteiger partial charge on any atom is -0.361 e. The molecule has 3 aromatic rings. The van der Waals surface area contributed by atoms with E-state index in [0.717, 1.165) is 37.9 Å². The molecule has 2 aromatic heterocycles. The van der Waals surface area contributed by atoms with Gasteiger partial charge in [-0.05, 0) is 43.4 Å². The molecular formula is C20H24N4O. The summed E-state index contributed by atoms with van der Waals surface area (Å²) < 4.78 is 0. The van der Waals surface area contributed by atoms with E-state index in [1.54, 1.807) is 0 Å². The Balaban J connectivity index is 1.40. The molecule has 1 saturated heterocycles. The first-order valence-electron chi connectivity index (χ1n) is 9.05. The largest absolute Gasteiger partial charge is 0.361 e. The number of piperidine rings is 1. The summed E-state index contributed by atoms with van der Waals surface area (Å²) in [4.78, 5) is 18.0. The number of fused-ring (bicyclic) bond motifs is 1. The molecule has 1 amide bonds. The number of rotatable bonds is 4. The van der Waals surface area contributed by atoms with Gasteiger partial charge in [0.15, 0.2) is 0 Å². The van der Waals surface area contributed by atoms with Crippen molar-refractivity contribution in [2.24, 2.45) is 0 Å². The van der Waals surface area contributed by atoms with Gasteiger partial charge in [-0.1, -0.05) is 18.2 Å². The molecule has 2 N–H and O–H groups in total. The van der Waals surface area contributed by atoms with Crippen molar-refractivity contribution in [1.29, 1.82) is 0 Å². The van der Waals surface area contributed by atoms with Crippen LogP contribution in [0.3, 0.4) is 0 Å².